The fourth-order valence-electron chi connectivity index (χ4n) is 3.34. The third-order valence-corrected chi connectivity index (χ3v) is 4.70. The van der Waals surface area contributed by atoms with Gasteiger partial charge in [0.2, 0.25) is 0 Å². The van der Waals surface area contributed by atoms with Crippen LogP contribution in [0.15, 0.2) is 35.1 Å². The van der Waals surface area contributed by atoms with Crippen LogP contribution in [0, 0.1) is 0 Å². The van der Waals surface area contributed by atoms with Gasteiger partial charge in [-0.05, 0) is 43.3 Å². The van der Waals surface area contributed by atoms with Crippen LogP contribution in [-0.4, -0.2) is 27.4 Å². The summed E-state index contributed by atoms with van der Waals surface area (Å²) < 4.78 is 3.06. The smallest absolute Gasteiger partial charge is 0.341 e. The van der Waals surface area contributed by atoms with Gasteiger partial charge in [0.15, 0.2) is 0 Å². The average Bonchev–Trinajstić information content (AvgIpc) is 2.92. The quantitative estimate of drug-likeness (QED) is 0.605. The maximum Gasteiger partial charge on any atom is 0.341 e. The van der Waals surface area contributed by atoms with Gasteiger partial charge in [0, 0.05) is 35.8 Å². The molecule has 0 atom stereocenters. The Morgan fingerprint density at radius 1 is 1.27 bits per heavy atom. The second kappa shape index (κ2) is 6.68. The Labute approximate surface area is 150 Å². The Morgan fingerprint density at radius 3 is 2.62 bits per heavy atom. The topological polar surface area (TPSA) is 102 Å². The number of aromatic carboxylic acids is 1. The molecular formula is C19H22N4O3. The van der Waals surface area contributed by atoms with E-state index in [2.05, 4.69) is 16.0 Å². The van der Waals surface area contributed by atoms with E-state index in [4.69, 9.17) is 5.84 Å². The molecule has 2 aromatic heterocycles. The minimum Gasteiger partial charge on any atom is -0.477 e. The highest BCUT2D eigenvalue weighted by Gasteiger charge is 2.18. The van der Waals surface area contributed by atoms with Crippen molar-refractivity contribution in [1.82, 2.24) is 14.6 Å². The number of pyridine rings is 1. The van der Waals surface area contributed by atoms with E-state index in [1.165, 1.54) is 6.07 Å². The molecular weight excluding hydrogens is 332 g/mol. The molecule has 0 aliphatic heterocycles. The Balaban J connectivity index is 2.24. The van der Waals surface area contributed by atoms with Gasteiger partial charge in [-0.3, -0.25) is 4.79 Å². The van der Waals surface area contributed by atoms with Gasteiger partial charge in [-0.15, -0.1) is 0 Å². The van der Waals surface area contributed by atoms with Crippen molar-refractivity contribution in [3.05, 3.63) is 57.5 Å². The largest absolute Gasteiger partial charge is 0.477 e. The zero-order chi connectivity index (χ0) is 19.0. The maximum absolute atomic E-state index is 12.3. The van der Waals surface area contributed by atoms with Crippen molar-refractivity contribution < 1.29 is 9.90 Å². The lowest BCUT2D eigenvalue weighted by Crippen LogP contribution is -2.34. The molecule has 26 heavy (non-hydrogen) atoms. The fourth-order valence-corrected chi connectivity index (χ4v) is 3.34. The maximum atomic E-state index is 12.3. The lowest BCUT2D eigenvalue weighted by atomic mass is 10.0. The number of carboxylic acid groups (broad SMARTS) is 1. The van der Waals surface area contributed by atoms with Crippen LogP contribution in [0.1, 0.15) is 28.5 Å². The molecule has 3 aromatic rings. The van der Waals surface area contributed by atoms with Gasteiger partial charge in [0.25, 0.3) is 5.56 Å². The summed E-state index contributed by atoms with van der Waals surface area (Å²) in [6, 6.07) is 9.38. The Hall–Kier alpha value is -3.06. The van der Waals surface area contributed by atoms with Gasteiger partial charge < -0.3 is 20.8 Å². The number of fused-ring (bicyclic) bond motifs is 1. The van der Waals surface area contributed by atoms with Crippen molar-refractivity contribution in [3.8, 4) is 11.3 Å². The minimum atomic E-state index is -1.27. The predicted octanol–water partition coefficient (Wildman–Crippen LogP) is 1.70. The molecule has 0 aliphatic carbocycles. The Bertz CT molecular complexity index is 1060. The number of aryl methyl sites for hydroxylation is 2. The monoisotopic (exact) mass is 354 g/mol. The van der Waals surface area contributed by atoms with E-state index < -0.39 is 11.5 Å². The van der Waals surface area contributed by atoms with Crippen molar-refractivity contribution >= 4 is 16.9 Å². The number of nitrogens with two attached hydrogens (primary N) is 1. The number of rotatable bonds is 5. The first kappa shape index (κ1) is 17.8. The third-order valence-electron chi connectivity index (χ3n) is 4.70. The van der Waals surface area contributed by atoms with E-state index in [-0.39, 0.29) is 5.56 Å². The molecule has 4 N–H and O–H groups in total. The Morgan fingerprint density at radius 2 is 2.00 bits per heavy atom. The molecule has 0 unspecified atom stereocenters. The van der Waals surface area contributed by atoms with Gasteiger partial charge in [0.05, 0.1) is 5.69 Å². The number of carboxylic acids is 1. The highest BCUT2D eigenvalue weighted by molar-refractivity contribution is 5.89. The lowest BCUT2D eigenvalue weighted by Gasteiger charge is -2.14. The van der Waals surface area contributed by atoms with Crippen LogP contribution < -0.4 is 16.7 Å². The molecule has 0 spiro atoms. The SMILES string of the molecule is CCc1cc(C(=O)O)c(=O)n(N)c1-c1ccc2c(c1)cc(CNC)n2C. The van der Waals surface area contributed by atoms with Crippen LogP contribution in [0.2, 0.25) is 0 Å². The Kier molecular flexibility index (Phi) is 4.56. The first-order valence-corrected chi connectivity index (χ1v) is 8.39. The van der Waals surface area contributed by atoms with Gasteiger partial charge in [-0.2, -0.15) is 0 Å². The van der Waals surface area contributed by atoms with Gasteiger partial charge in [-0.25, -0.2) is 9.47 Å². The van der Waals surface area contributed by atoms with Crippen molar-refractivity contribution in [2.24, 2.45) is 7.05 Å². The highest BCUT2D eigenvalue weighted by Crippen LogP contribution is 2.28. The summed E-state index contributed by atoms with van der Waals surface area (Å²) >= 11 is 0. The van der Waals surface area contributed by atoms with E-state index in [1.54, 1.807) is 0 Å². The van der Waals surface area contributed by atoms with Crippen molar-refractivity contribution in [2.45, 2.75) is 19.9 Å². The first-order chi connectivity index (χ1) is 12.4. The van der Waals surface area contributed by atoms with E-state index >= 15 is 0 Å². The van der Waals surface area contributed by atoms with Crippen LogP contribution >= 0.6 is 0 Å². The number of aromatic nitrogens is 2. The number of hydrogen-bond acceptors (Lipinski definition) is 4. The van der Waals surface area contributed by atoms with Crippen LogP contribution in [0.4, 0.5) is 0 Å². The van der Waals surface area contributed by atoms with Gasteiger partial charge in [-0.1, -0.05) is 13.0 Å². The van der Waals surface area contributed by atoms with Crippen molar-refractivity contribution in [2.75, 3.05) is 12.9 Å². The minimum absolute atomic E-state index is 0.315. The van der Waals surface area contributed by atoms with E-state index in [0.29, 0.717) is 12.1 Å². The van der Waals surface area contributed by atoms with Crippen molar-refractivity contribution in [3.63, 3.8) is 0 Å². The molecule has 1 aromatic carbocycles. The first-order valence-electron chi connectivity index (χ1n) is 8.39. The molecule has 3 rings (SSSR count). The summed E-state index contributed by atoms with van der Waals surface area (Å²) in [6.07, 6.45) is 0.560. The summed E-state index contributed by atoms with van der Waals surface area (Å²) in [6.45, 7) is 2.65. The molecule has 0 saturated heterocycles. The molecule has 7 nitrogen and oxygen atoms in total. The molecule has 0 bridgehead atoms. The van der Waals surface area contributed by atoms with Crippen LogP contribution in [0.5, 0.6) is 0 Å². The predicted molar refractivity (Wildman–Crippen MR) is 102 cm³/mol. The number of carbonyl (C=O) groups is 1. The normalized spacial score (nSPS) is 11.2. The molecule has 7 heteroatoms. The van der Waals surface area contributed by atoms with Gasteiger partial charge >= 0.3 is 5.97 Å². The number of hydrogen-bond donors (Lipinski definition) is 3. The number of nitrogens with one attached hydrogen (secondary N) is 1. The van der Waals surface area contributed by atoms with E-state index in [0.717, 1.165) is 38.9 Å². The standard InChI is InChI=1S/C19H22N4O3/c1-4-11-9-15(19(25)26)18(24)23(20)17(11)12-5-6-16-13(7-12)8-14(10-21-2)22(16)3/h5-9,21H,4,10,20H2,1-3H3,(H,25,26). The second-order valence-electron chi connectivity index (χ2n) is 6.26. The van der Waals surface area contributed by atoms with Crippen LogP contribution in [-0.2, 0) is 20.0 Å². The number of nitrogen functional groups attached to an aromatic ring is 1. The zero-order valence-electron chi connectivity index (χ0n) is 15.0. The molecule has 0 amide bonds. The van der Waals surface area contributed by atoms with Crippen LogP contribution in [0.25, 0.3) is 22.2 Å². The lowest BCUT2D eigenvalue weighted by molar-refractivity contribution is 0.0694. The third kappa shape index (κ3) is 2.76. The molecule has 0 radical (unpaired) electrons. The summed E-state index contributed by atoms with van der Waals surface area (Å²) in [5.74, 6) is 4.71. The molecule has 2 heterocycles. The molecule has 0 aliphatic rings. The molecule has 0 fully saturated rings. The number of nitrogens with zero attached hydrogens (tertiary/aromatic N) is 2. The summed E-state index contributed by atoms with van der Waals surface area (Å²) in [4.78, 5) is 23.6. The molecule has 136 valence electrons. The second-order valence-corrected chi connectivity index (χ2v) is 6.26. The van der Waals surface area contributed by atoms with Gasteiger partial charge in [0.1, 0.15) is 5.56 Å². The van der Waals surface area contributed by atoms with E-state index in [1.807, 2.05) is 39.2 Å². The van der Waals surface area contributed by atoms with E-state index in [9.17, 15) is 14.7 Å². The molecule has 0 saturated carbocycles. The number of benzene rings is 1. The zero-order valence-corrected chi connectivity index (χ0v) is 15.0. The average molecular weight is 354 g/mol. The summed E-state index contributed by atoms with van der Waals surface area (Å²) in [5, 5.41) is 13.4. The van der Waals surface area contributed by atoms with Crippen molar-refractivity contribution in [1.29, 1.82) is 0 Å². The fraction of sp³-hybridized carbons (Fsp3) is 0.263. The summed E-state index contributed by atoms with van der Waals surface area (Å²) in [5.41, 5.74) is 3.23. The van der Waals surface area contributed by atoms with Crippen LogP contribution in [0.3, 0.4) is 0 Å². The summed E-state index contributed by atoms with van der Waals surface area (Å²) in [7, 11) is 3.90. The highest BCUT2D eigenvalue weighted by atomic mass is 16.4.